The number of aromatic nitrogens is 3. The second kappa shape index (κ2) is 6.82. The zero-order valence-corrected chi connectivity index (χ0v) is 12.8. The van der Waals surface area contributed by atoms with Crippen LogP contribution >= 0.6 is 15.9 Å². The molecule has 2 heterocycles. The Kier molecular flexibility index (Phi) is 5.10. The van der Waals surface area contributed by atoms with Crippen molar-refractivity contribution in [2.45, 2.75) is 38.9 Å². The van der Waals surface area contributed by atoms with Crippen molar-refractivity contribution in [3.63, 3.8) is 0 Å². The summed E-state index contributed by atoms with van der Waals surface area (Å²) in [7, 11) is 0. The molecule has 2 aromatic rings. The van der Waals surface area contributed by atoms with Crippen molar-refractivity contribution in [1.29, 1.82) is 0 Å². The van der Waals surface area contributed by atoms with Crippen LogP contribution in [0.25, 0.3) is 0 Å². The van der Waals surface area contributed by atoms with Crippen LogP contribution in [0.1, 0.15) is 31.9 Å². The second-order valence-corrected chi connectivity index (χ2v) is 5.61. The average molecular weight is 323 g/mol. The summed E-state index contributed by atoms with van der Waals surface area (Å²) in [6.07, 6.45) is 8.54. The number of nitrogens with one attached hydrogen (secondary N) is 1. The Morgan fingerprint density at radius 1 is 1.37 bits per heavy atom. The van der Waals surface area contributed by atoms with Gasteiger partial charge in [0.2, 0.25) is 0 Å². The summed E-state index contributed by atoms with van der Waals surface area (Å²) in [6, 6.07) is 4.85. The highest BCUT2D eigenvalue weighted by molar-refractivity contribution is 9.10. The van der Waals surface area contributed by atoms with Gasteiger partial charge in [-0.2, -0.15) is 5.10 Å². The molecule has 102 valence electrons. The van der Waals surface area contributed by atoms with Gasteiger partial charge >= 0.3 is 0 Å². The number of rotatable bonds is 6. The van der Waals surface area contributed by atoms with Gasteiger partial charge in [0.05, 0.1) is 17.2 Å². The smallest absolute Gasteiger partial charge is 0.0632 e. The Morgan fingerprint density at radius 3 is 2.68 bits per heavy atom. The Hall–Kier alpha value is -1.20. The predicted molar refractivity (Wildman–Crippen MR) is 79.8 cm³/mol. The first-order valence-electron chi connectivity index (χ1n) is 6.53. The molecule has 0 aliphatic rings. The van der Waals surface area contributed by atoms with Crippen LogP contribution in [0, 0.1) is 0 Å². The van der Waals surface area contributed by atoms with Gasteiger partial charge in [-0.25, -0.2) is 0 Å². The van der Waals surface area contributed by atoms with Crippen LogP contribution in [0.4, 0.5) is 0 Å². The summed E-state index contributed by atoms with van der Waals surface area (Å²) in [5.41, 5.74) is 1.28. The Balaban J connectivity index is 1.95. The molecule has 19 heavy (non-hydrogen) atoms. The number of nitrogens with zero attached hydrogens (tertiary/aromatic N) is 3. The van der Waals surface area contributed by atoms with E-state index >= 15 is 0 Å². The lowest BCUT2D eigenvalue weighted by Gasteiger charge is -2.22. The van der Waals surface area contributed by atoms with E-state index in [1.54, 1.807) is 0 Å². The topological polar surface area (TPSA) is 42.7 Å². The molecule has 0 saturated carbocycles. The normalized spacial score (nSPS) is 14.3. The van der Waals surface area contributed by atoms with Crippen LogP contribution in [-0.4, -0.2) is 20.8 Å². The molecule has 0 aliphatic carbocycles. The van der Waals surface area contributed by atoms with E-state index in [1.807, 2.05) is 29.5 Å². The molecule has 0 bridgehead atoms. The summed E-state index contributed by atoms with van der Waals surface area (Å²) in [5.74, 6) is 0. The van der Waals surface area contributed by atoms with E-state index in [9.17, 15) is 0 Å². The van der Waals surface area contributed by atoms with Crippen LogP contribution in [-0.2, 0) is 6.54 Å². The van der Waals surface area contributed by atoms with Gasteiger partial charge < -0.3 is 5.32 Å². The number of pyridine rings is 1. The number of halogens is 1. The van der Waals surface area contributed by atoms with Crippen molar-refractivity contribution in [1.82, 2.24) is 20.1 Å². The SMILES string of the molecule is CC[C@@H](N[C@@H](C)Cn1cc(Br)cn1)c1ccncc1. The monoisotopic (exact) mass is 322 g/mol. The first kappa shape index (κ1) is 14.2. The van der Waals surface area contributed by atoms with Crippen molar-refractivity contribution in [3.05, 3.63) is 47.0 Å². The fraction of sp³-hybridized carbons (Fsp3) is 0.429. The predicted octanol–water partition coefficient (Wildman–Crippen LogP) is 3.17. The van der Waals surface area contributed by atoms with E-state index < -0.39 is 0 Å². The highest BCUT2D eigenvalue weighted by atomic mass is 79.9. The van der Waals surface area contributed by atoms with Crippen molar-refractivity contribution in [2.75, 3.05) is 0 Å². The van der Waals surface area contributed by atoms with Gasteiger partial charge in [-0.3, -0.25) is 9.67 Å². The molecule has 0 amide bonds. The summed E-state index contributed by atoms with van der Waals surface area (Å²) in [5, 5.41) is 7.92. The lowest BCUT2D eigenvalue weighted by atomic mass is 10.1. The molecule has 0 fully saturated rings. The van der Waals surface area contributed by atoms with Crippen LogP contribution in [0.5, 0.6) is 0 Å². The van der Waals surface area contributed by atoms with E-state index in [-0.39, 0.29) is 0 Å². The van der Waals surface area contributed by atoms with Crippen LogP contribution in [0.15, 0.2) is 41.4 Å². The van der Waals surface area contributed by atoms with Crippen molar-refractivity contribution < 1.29 is 0 Å². The van der Waals surface area contributed by atoms with Crippen LogP contribution in [0.3, 0.4) is 0 Å². The zero-order chi connectivity index (χ0) is 13.7. The largest absolute Gasteiger partial charge is 0.306 e. The van der Waals surface area contributed by atoms with Gasteiger partial charge in [0.15, 0.2) is 0 Å². The second-order valence-electron chi connectivity index (χ2n) is 4.69. The molecule has 5 heteroatoms. The minimum absolute atomic E-state index is 0.352. The molecule has 1 N–H and O–H groups in total. The molecule has 4 nitrogen and oxygen atoms in total. The summed E-state index contributed by atoms with van der Waals surface area (Å²) in [6.45, 7) is 5.22. The average Bonchev–Trinajstić information content (AvgIpc) is 2.82. The maximum Gasteiger partial charge on any atom is 0.0632 e. The zero-order valence-electron chi connectivity index (χ0n) is 11.3. The molecule has 2 rings (SSSR count). The van der Waals surface area contributed by atoms with Gasteiger partial charge in [0, 0.05) is 30.7 Å². The highest BCUT2D eigenvalue weighted by Gasteiger charge is 2.12. The van der Waals surface area contributed by atoms with Crippen molar-refractivity contribution in [3.8, 4) is 0 Å². The van der Waals surface area contributed by atoms with E-state index in [0.717, 1.165) is 17.4 Å². The Bertz CT molecular complexity index is 497. The lowest BCUT2D eigenvalue weighted by molar-refractivity contribution is 0.393. The highest BCUT2D eigenvalue weighted by Crippen LogP contribution is 2.16. The summed E-state index contributed by atoms with van der Waals surface area (Å²) < 4.78 is 2.96. The lowest BCUT2D eigenvalue weighted by Crippen LogP contribution is -2.33. The standard InChI is InChI=1S/C14H19BrN4/c1-3-14(12-4-6-16-7-5-12)18-11(2)9-19-10-13(15)8-17-19/h4-8,10-11,14,18H,3,9H2,1-2H3/t11-,14+/m0/s1. The van der Waals surface area contributed by atoms with Gasteiger partial charge in [-0.05, 0) is 47.0 Å². The molecule has 0 unspecified atom stereocenters. The molecule has 0 radical (unpaired) electrons. The molecule has 2 aromatic heterocycles. The minimum atomic E-state index is 0.352. The quantitative estimate of drug-likeness (QED) is 0.888. The first-order chi connectivity index (χ1) is 9.19. The van der Waals surface area contributed by atoms with Crippen molar-refractivity contribution in [2.24, 2.45) is 0 Å². The third-order valence-electron chi connectivity index (χ3n) is 3.07. The van der Waals surface area contributed by atoms with Crippen LogP contribution < -0.4 is 5.32 Å². The van der Waals surface area contributed by atoms with Crippen molar-refractivity contribution >= 4 is 15.9 Å². The number of hydrogen-bond donors (Lipinski definition) is 1. The third kappa shape index (κ3) is 4.14. The summed E-state index contributed by atoms with van der Waals surface area (Å²) in [4.78, 5) is 4.06. The van der Waals surface area contributed by atoms with E-state index in [1.165, 1.54) is 5.56 Å². The molecule has 0 aromatic carbocycles. The number of hydrogen-bond acceptors (Lipinski definition) is 3. The van der Waals surface area contributed by atoms with E-state index in [4.69, 9.17) is 0 Å². The maximum atomic E-state index is 4.28. The fourth-order valence-corrected chi connectivity index (χ4v) is 2.49. The maximum absolute atomic E-state index is 4.28. The molecule has 2 atom stereocenters. The van der Waals surface area contributed by atoms with E-state index in [2.05, 4.69) is 57.3 Å². The molecule has 0 aliphatic heterocycles. The Morgan fingerprint density at radius 2 is 2.11 bits per heavy atom. The van der Waals surface area contributed by atoms with Gasteiger partial charge in [0.1, 0.15) is 0 Å². The molecular formula is C14H19BrN4. The van der Waals surface area contributed by atoms with Gasteiger partial charge in [0.25, 0.3) is 0 Å². The van der Waals surface area contributed by atoms with Gasteiger partial charge in [-0.1, -0.05) is 6.92 Å². The molecule has 0 saturated heterocycles. The molecular weight excluding hydrogens is 304 g/mol. The Labute approximate surface area is 122 Å². The molecule has 0 spiro atoms. The first-order valence-corrected chi connectivity index (χ1v) is 7.32. The fourth-order valence-electron chi connectivity index (χ4n) is 2.16. The summed E-state index contributed by atoms with van der Waals surface area (Å²) >= 11 is 3.41. The third-order valence-corrected chi connectivity index (χ3v) is 3.47. The van der Waals surface area contributed by atoms with Crippen LogP contribution in [0.2, 0.25) is 0 Å². The van der Waals surface area contributed by atoms with Gasteiger partial charge in [-0.15, -0.1) is 0 Å². The van der Waals surface area contributed by atoms with E-state index in [0.29, 0.717) is 12.1 Å². The minimum Gasteiger partial charge on any atom is -0.306 e.